The lowest BCUT2D eigenvalue weighted by Gasteiger charge is -2.10. The van der Waals surface area contributed by atoms with Crippen LogP contribution in [0.2, 0.25) is 0 Å². The molecule has 25 heavy (non-hydrogen) atoms. The molecule has 2 aromatic rings. The first-order valence-corrected chi connectivity index (χ1v) is 8.80. The molecule has 0 aliphatic heterocycles. The van der Waals surface area contributed by atoms with E-state index in [9.17, 15) is 4.79 Å². The first-order valence-electron chi connectivity index (χ1n) is 8.80. The van der Waals surface area contributed by atoms with Gasteiger partial charge in [-0.15, -0.1) is 0 Å². The van der Waals surface area contributed by atoms with Crippen LogP contribution in [0.1, 0.15) is 25.3 Å². The Morgan fingerprint density at radius 1 is 1.00 bits per heavy atom. The van der Waals surface area contributed by atoms with E-state index in [4.69, 9.17) is 4.74 Å². The molecule has 0 unspecified atom stereocenters. The number of urea groups is 1. The highest BCUT2D eigenvalue weighted by atomic mass is 16.5. The van der Waals surface area contributed by atoms with Gasteiger partial charge < -0.3 is 20.7 Å². The van der Waals surface area contributed by atoms with E-state index in [1.165, 1.54) is 5.56 Å². The first-order chi connectivity index (χ1) is 12.3. The van der Waals surface area contributed by atoms with Crippen LogP contribution in [0.15, 0.2) is 54.6 Å². The Labute approximate surface area is 149 Å². The highest BCUT2D eigenvalue weighted by molar-refractivity contribution is 5.89. The van der Waals surface area contributed by atoms with Crippen molar-refractivity contribution in [3.63, 3.8) is 0 Å². The Morgan fingerprint density at radius 3 is 2.48 bits per heavy atom. The van der Waals surface area contributed by atoms with Crippen LogP contribution in [0, 0.1) is 0 Å². The molecule has 0 aliphatic rings. The number of rotatable bonds is 10. The lowest BCUT2D eigenvalue weighted by atomic mass is 10.2. The van der Waals surface area contributed by atoms with Crippen molar-refractivity contribution >= 4 is 11.7 Å². The van der Waals surface area contributed by atoms with Gasteiger partial charge in [-0.1, -0.05) is 43.7 Å². The molecular formula is C20H27N3O2. The number of unbranched alkanes of at least 4 members (excludes halogenated alkanes) is 1. The average molecular weight is 341 g/mol. The van der Waals surface area contributed by atoms with Crippen LogP contribution < -0.4 is 20.7 Å². The van der Waals surface area contributed by atoms with Gasteiger partial charge in [0.05, 0.1) is 6.61 Å². The number of carbonyl (C=O) groups excluding carboxylic acids is 1. The Bertz CT molecular complexity index is 615. The lowest BCUT2D eigenvalue weighted by Crippen LogP contribution is -2.34. The number of benzene rings is 2. The second kappa shape index (κ2) is 11.1. The molecule has 0 fully saturated rings. The molecule has 0 radical (unpaired) electrons. The molecule has 0 spiro atoms. The molecule has 0 saturated heterocycles. The largest absolute Gasteiger partial charge is 0.494 e. The zero-order chi connectivity index (χ0) is 17.7. The zero-order valence-corrected chi connectivity index (χ0v) is 14.8. The fourth-order valence-corrected chi connectivity index (χ4v) is 2.24. The maximum atomic E-state index is 11.9. The summed E-state index contributed by atoms with van der Waals surface area (Å²) in [6.45, 7) is 4.93. The number of hydrogen-bond donors (Lipinski definition) is 3. The summed E-state index contributed by atoms with van der Waals surface area (Å²) < 4.78 is 5.60. The molecule has 0 saturated carbocycles. The summed E-state index contributed by atoms with van der Waals surface area (Å²) in [4.78, 5) is 11.9. The smallest absolute Gasteiger partial charge is 0.319 e. The SMILES string of the molecule is CCCCOc1ccc(NC(=O)NCCNCc2ccccc2)cc1. The van der Waals surface area contributed by atoms with Gasteiger partial charge in [-0.2, -0.15) is 0 Å². The summed E-state index contributed by atoms with van der Waals surface area (Å²) in [5, 5.41) is 8.94. The van der Waals surface area contributed by atoms with Crippen molar-refractivity contribution in [3.05, 3.63) is 60.2 Å². The predicted molar refractivity (Wildman–Crippen MR) is 102 cm³/mol. The second-order valence-corrected chi connectivity index (χ2v) is 5.77. The Morgan fingerprint density at radius 2 is 1.76 bits per heavy atom. The quantitative estimate of drug-likeness (QED) is 0.576. The van der Waals surface area contributed by atoms with E-state index in [2.05, 4.69) is 35.0 Å². The summed E-state index contributed by atoms with van der Waals surface area (Å²) in [6.07, 6.45) is 2.15. The van der Waals surface area contributed by atoms with Crippen LogP contribution in [0.3, 0.4) is 0 Å². The van der Waals surface area contributed by atoms with Gasteiger partial charge in [0.1, 0.15) is 5.75 Å². The van der Waals surface area contributed by atoms with Crippen LogP contribution in [0.25, 0.3) is 0 Å². The third kappa shape index (κ3) is 7.72. The van der Waals surface area contributed by atoms with E-state index in [1.807, 2.05) is 42.5 Å². The zero-order valence-electron chi connectivity index (χ0n) is 14.8. The van der Waals surface area contributed by atoms with Gasteiger partial charge in [0.2, 0.25) is 0 Å². The van der Waals surface area contributed by atoms with Crippen LogP contribution in [0.5, 0.6) is 5.75 Å². The third-order valence-electron chi connectivity index (χ3n) is 3.64. The minimum absolute atomic E-state index is 0.207. The maximum absolute atomic E-state index is 11.9. The minimum Gasteiger partial charge on any atom is -0.494 e. The number of ether oxygens (including phenoxy) is 1. The van der Waals surface area contributed by atoms with Gasteiger partial charge in [-0.25, -0.2) is 4.79 Å². The van der Waals surface area contributed by atoms with Crippen LogP contribution in [-0.2, 0) is 6.54 Å². The molecule has 3 N–H and O–H groups in total. The Balaban J connectivity index is 1.59. The molecule has 0 aliphatic carbocycles. The van der Waals surface area contributed by atoms with E-state index in [-0.39, 0.29) is 6.03 Å². The predicted octanol–water partition coefficient (Wildman–Crippen LogP) is 3.78. The maximum Gasteiger partial charge on any atom is 0.319 e. The molecule has 2 amide bonds. The normalized spacial score (nSPS) is 10.3. The fraction of sp³-hybridized carbons (Fsp3) is 0.350. The van der Waals surface area contributed by atoms with Gasteiger partial charge in [0.25, 0.3) is 0 Å². The van der Waals surface area contributed by atoms with Gasteiger partial charge >= 0.3 is 6.03 Å². The van der Waals surface area contributed by atoms with E-state index in [0.717, 1.165) is 37.4 Å². The van der Waals surface area contributed by atoms with E-state index in [0.29, 0.717) is 13.1 Å². The summed E-state index contributed by atoms with van der Waals surface area (Å²) in [5.41, 5.74) is 1.98. The first kappa shape index (κ1) is 18.8. The number of amides is 2. The van der Waals surface area contributed by atoms with Crippen molar-refractivity contribution in [2.45, 2.75) is 26.3 Å². The van der Waals surface area contributed by atoms with Crippen LogP contribution in [0.4, 0.5) is 10.5 Å². The molecule has 5 heteroatoms. The number of hydrogen-bond acceptors (Lipinski definition) is 3. The van der Waals surface area contributed by atoms with Gasteiger partial charge in [0.15, 0.2) is 0 Å². The van der Waals surface area contributed by atoms with Crippen molar-refractivity contribution in [2.75, 3.05) is 25.0 Å². The number of nitrogens with one attached hydrogen (secondary N) is 3. The lowest BCUT2D eigenvalue weighted by molar-refractivity contribution is 0.252. The van der Waals surface area contributed by atoms with Crippen LogP contribution >= 0.6 is 0 Å². The summed E-state index contributed by atoms with van der Waals surface area (Å²) >= 11 is 0. The van der Waals surface area contributed by atoms with Crippen molar-refractivity contribution in [3.8, 4) is 5.75 Å². The van der Waals surface area contributed by atoms with E-state index < -0.39 is 0 Å². The molecule has 5 nitrogen and oxygen atoms in total. The van der Waals surface area contributed by atoms with Crippen molar-refractivity contribution in [1.82, 2.24) is 10.6 Å². The van der Waals surface area contributed by atoms with Crippen molar-refractivity contribution in [1.29, 1.82) is 0 Å². The molecular weight excluding hydrogens is 314 g/mol. The highest BCUT2D eigenvalue weighted by Gasteiger charge is 2.01. The van der Waals surface area contributed by atoms with Gasteiger partial charge in [0, 0.05) is 25.3 Å². The number of anilines is 1. The molecule has 134 valence electrons. The Hall–Kier alpha value is -2.53. The van der Waals surface area contributed by atoms with Crippen molar-refractivity contribution < 1.29 is 9.53 Å². The highest BCUT2D eigenvalue weighted by Crippen LogP contribution is 2.15. The van der Waals surface area contributed by atoms with Crippen LogP contribution in [-0.4, -0.2) is 25.7 Å². The second-order valence-electron chi connectivity index (χ2n) is 5.77. The molecule has 2 aromatic carbocycles. The molecule has 0 bridgehead atoms. The van der Waals surface area contributed by atoms with Gasteiger partial charge in [-0.05, 0) is 36.2 Å². The van der Waals surface area contributed by atoms with E-state index >= 15 is 0 Å². The Kier molecular flexibility index (Phi) is 8.35. The molecule has 0 atom stereocenters. The molecule has 0 heterocycles. The van der Waals surface area contributed by atoms with E-state index in [1.54, 1.807) is 0 Å². The van der Waals surface area contributed by atoms with Crippen molar-refractivity contribution in [2.24, 2.45) is 0 Å². The monoisotopic (exact) mass is 341 g/mol. The standard InChI is InChI=1S/C20H27N3O2/c1-2-3-15-25-19-11-9-18(10-12-19)23-20(24)22-14-13-21-16-17-7-5-4-6-8-17/h4-12,21H,2-3,13-16H2,1H3,(H2,22,23,24). The summed E-state index contributed by atoms with van der Waals surface area (Å²) in [6, 6.07) is 17.4. The fourth-order valence-electron chi connectivity index (χ4n) is 2.24. The van der Waals surface area contributed by atoms with Gasteiger partial charge in [-0.3, -0.25) is 0 Å². The summed E-state index contributed by atoms with van der Waals surface area (Å²) in [5.74, 6) is 0.824. The number of carbonyl (C=O) groups is 1. The third-order valence-corrected chi connectivity index (χ3v) is 3.64. The molecule has 2 rings (SSSR count). The molecule has 0 aromatic heterocycles. The minimum atomic E-state index is -0.207. The summed E-state index contributed by atoms with van der Waals surface area (Å²) in [7, 11) is 0. The topological polar surface area (TPSA) is 62.4 Å². The average Bonchev–Trinajstić information content (AvgIpc) is 2.64.